The Morgan fingerprint density at radius 3 is 2.76 bits per heavy atom. The van der Waals surface area contributed by atoms with Crippen LogP contribution in [-0.2, 0) is 19.6 Å². The van der Waals surface area contributed by atoms with Crippen molar-refractivity contribution >= 4 is 16.3 Å². The minimum Gasteiger partial charge on any atom is -0.468 e. The fourth-order valence-electron chi connectivity index (χ4n) is 2.83. The van der Waals surface area contributed by atoms with Crippen molar-refractivity contribution < 1.29 is 4.42 Å². The van der Waals surface area contributed by atoms with Crippen molar-refractivity contribution in [2.24, 2.45) is 0 Å². The van der Waals surface area contributed by atoms with Gasteiger partial charge in [0.2, 0.25) is 0 Å². The van der Waals surface area contributed by atoms with Crippen LogP contribution in [0.2, 0.25) is 0 Å². The maximum Gasteiger partial charge on any atom is 0.258 e. The summed E-state index contributed by atoms with van der Waals surface area (Å²) in [5, 5.41) is 1.87. The molecule has 0 amide bonds. The molecule has 3 aromatic heterocycles. The SMILES string of the molecule is O=c1cc(CN(Cc2ccccc2)Cc2ccco2)nc2sccn12. The molecule has 4 aromatic rings. The molecular weight excluding hydrogens is 334 g/mol. The van der Waals surface area contributed by atoms with Gasteiger partial charge in [-0.05, 0) is 17.7 Å². The molecule has 6 heteroatoms. The average Bonchev–Trinajstić information content (AvgIpc) is 3.27. The minimum atomic E-state index is -0.0427. The van der Waals surface area contributed by atoms with Crippen molar-refractivity contribution in [3.8, 4) is 0 Å². The minimum absolute atomic E-state index is 0.0427. The molecule has 0 spiro atoms. The molecule has 0 saturated carbocycles. The van der Waals surface area contributed by atoms with E-state index in [1.54, 1.807) is 22.9 Å². The Balaban J connectivity index is 1.60. The van der Waals surface area contributed by atoms with Crippen LogP contribution < -0.4 is 5.56 Å². The number of fused-ring (bicyclic) bond motifs is 1. The van der Waals surface area contributed by atoms with Gasteiger partial charge < -0.3 is 4.42 Å². The van der Waals surface area contributed by atoms with Gasteiger partial charge in [-0.15, -0.1) is 11.3 Å². The third-order valence-electron chi connectivity index (χ3n) is 3.95. The van der Waals surface area contributed by atoms with Gasteiger partial charge in [0.15, 0.2) is 4.96 Å². The largest absolute Gasteiger partial charge is 0.468 e. The molecule has 25 heavy (non-hydrogen) atoms. The van der Waals surface area contributed by atoms with Crippen molar-refractivity contribution in [2.45, 2.75) is 19.6 Å². The molecule has 4 rings (SSSR count). The van der Waals surface area contributed by atoms with Gasteiger partial charge in [-0.1, -0.05) is 30.3 Å². The summed E-state index contributed by atoms with van der Waals surface area (Å²) in [7, 11) is 0. The van der Waals surface area contributed by atoms with E-state index in [0.717, 1.165) is 23.0 Å². The summed E-state index contributed by atoms with van der Waals surface area (Å²) in [5.41, 5.74) is 1.94. The fraction of sp³-hybridized carbons (Fsp3) is 0.158. The highest BCUT2D eigenvalue weighted by Crippen LogP contribution is 2.14. The summed E-state index contributed by atoms with van der Waals surface area (Å²) in [6.07, 6.45) is 3.43. The molecule has 0 aliphatic rings. The van der Waals surface area contributed by atoms with Crippen LogP contribution in [0.5, 0.6) is 0 Å². The maximum absolute atomic E-state index is 12.2. The Hall–Kier alpha value is -2.70. The van der Waals surface area contributed by atoms with E-state index in [1.807, 2.05) is 35.7 Å². The molecule has 126 valence electrons. The van der Waals surface area contributed by atoms with Gasteiger partial charge in [-0.25, -0.2) is 4.98 Å². The van der Waals surface area contributed by atoms with Crippen LogP contribution >= 0.6 is 11.3 Å². The van der Waals surface area contributed by atoms with Gasteiger partial charge in [0.1, 0.15) is 5.76 Å². The predicted molar refractivity (Wildman–Crippen MR) is 97.4 cm³/mol. The molecule has 0 atom stereocenters. The lowest BCUT2D eigenvalue weighted by Gasteiger charge is -2.21. The molecule has 0 aliphatic heterocycles. The van der Waals surface area contributed by atoms with E-state index in [4.69, 9.17) is 4.42 Å². The highest BCUT2D eigenvalue weighted by atomic mass is 32.1. The second-order valence-corrected chi connectivity index (χ2v) is 6.72. The van der Waals surface area contributed by atoms with Crippen molar-refractivity contribution in [2.75, 3.05) is 0 Å². The molecule has 0 fully saturated rings. The molecule has 0 saturated heterocycles. The summed E-state index contributed by atoms with van der Waals surface area (Å²) in [5.74, 6) is 0.893. The first-order chi connectivity index (χ1) is 12.3. The Labute approximate surface area is 148 Å². The third kappa shape index (κ3) is 3.70. The maximum atomic E-state index is 12.2. The molecule has 0 bridgehead atoms. The second kappa shape index (κ2) is 7.04. The van der Waals surface area contributed by atoms with Crippen LogP contribution in [0.1, 0.15) is 17.0 Å². The van der Waals surface area contributed by atoms with Gasteiger partial charge >= 0.3 is 0 Å². The zero-order valence-electron chi connectivity index (χ0n) is 13.5. The number of nitrogens with zero attached hydrogens (tertiary/aromatic N) is 3. The van der Waals surface area contributed by atoms with E-state index < -0.39 is 0 Å². The Morgan fingerprint density at radius 2 is 1.96 bits per heavy atom. The lowest BCUT2D eigenvalue weighted by Crippen LogP contribution is -2.24. The van der Waals surface area contributed by atoms with E-state index in [0.29, 0.717) is 13.1 Å². The zero-order valence-corrected chi connectivity index (χ0v) is 14.4. The number of furan rings is 1. The Morgan fingerprint density at radius 1 is 1.08 bits per heavy atom. The summed E-state index contributed by atoms with van der Waals surface area (Å²) < 4.78 is 7.07. The molecule has 0 N–H and O–H groups in total. The number of benzene rings is 1. The normalized spacial score (nSPS) is 11.4. The van der Waals surface area contributed by atoms with Crippen LogP contribution in [0.25, 0.3) is 4.96 Å². The highest BCUT2D eigenvalue weighted by molar-refractivity contribution is 7.15. The molecule has 3 heterocycles. The quantitative estimate of drug-likeness (QED) is 0.533. The fourth-order valence-corrected chi connectivity index (χ4v) is 3.57. The smallest absolute Gasteiger partial charge is 0.258 e. The van der Waals surface area contributed by atoms with E-state index in [-0.39, 0.29) is 5.56 Å². The van der Waals surface area contributed by atoms with E-state index in [1.165, 1.54) is 16.9 Å². The van der Waals surface area contributed by atoms with Crippen LogP contribution in [0, 0.1) is 0 Å². The zero-order chi connectivity index (χ0) is 17.1. The van der Waals surface area contributed by atoms with Crippen molar-refractivity contribution in [3.63, 3.8) is 0 Å². The van der Waals surface area contributed by atoms with E-state index in [2.05, 4.69) is 22.0 Å². The van der Waals surface area contributed by atoms with Gasteiger partial charge in [-0.2, -0.15) is 0 Å². The number of thiazole rings is 1. The summed E-state index contributed by atoms with van der Waals surface area (Å²) >= 11 is 1.47. The van der Waals surface area contributed by atoms with Crippen molar-refractivity contribution in [1.29, 1.82) is 0 Å². The molecule has 0 radical (unpaired) electrons. The van der Waals surface area contributed by atoms with Gasteiger partial charge in [-0.3, -0.25) is 14.1 Å². The first kappa shape index (κ1) is 15.8. The first-order valence-electron chi connectivity index (χ1n) is 8.02. The number of aromatic nitrogens is 2. The molecule has 0 aliphatic carbocycles. The molecule has 5 nitrogen and oxygen atoms in total. The second-order valence-electron chi connectivity index (χ2n) is 5.85. The standard InChI is InChI=1S/C19H17N3O2S/c23-18-11-16(20-19-22(18)8-10-25-19)13-21(14-17-7-4-9-24-17)12-15-5-2-1-3-6-15/h1-11H,12-14H2. The van der Waals surface area contributed by atoms with E-state index in [9.17, 15) is 4.79 Å². The number of rotatable bonds is 6. The van der Waals surface area contributed by atoms with Gasteiger partial charge in [0, 0.05) is 30.7 Å². The van der Waals surface area contributed by atoms with Crippen molar-refractivity contribution in [3.05, 3.63) is 93.7 Å². The predicted octanol–water partition coefficient (Wildman–Crippen LogP) is 3.55. The molecule has 1 aromatic carbocycles. The first-order valence-corrected chi connectivity index (χ1v) is 8.90. The summed E-state index contributed by atoms with van der Waals surface area (Å²) in [4.78, 5) is 19.8. The lowest BCUT2D eigenvalue weighted by atomic mass is 10.2. The van der Waals surface area contributed by atoms with Crippen LogP contribution in [0.15, 0.2) is 75.6 Å². The highest BCUT2D eigenvalue weighted by Gasteiger charge is 2.12. The molecule has 0 unspecified atom stereocenters. The average molecular weight is 351 g/mol. The topological polar surface area (TPSA) is 50.8 Å². The Kier molecular flexibility index (Phi) is 4.45. The summed E-state index contributed by atoms with van der Waals surface area (Å²) in [6, 6.07) is 15.7. The van der Waals surface area contributed by atoms with Crippen LogP contribution in [-0.4, -0.2) is 14.3 Å². The summed E-state index contributed by atoms with van der Waals surface area (Å²) in [6.45, 7) is 2.00. The number of hydrogen-bond donors (Lipinski definition) is 0. The third-order valence-corrected chi connectivity index (χ3v) is 4.71. The van der Waals surface area contributed by atoms with Gasteiger partial charge in [0.05, 0.1) is 18.5 Å². The van der Waals surface area contributed by atoms with Crippen LogP contribution in [0.4, 0.5) is 0 Å². The van der Waals surface area contributed by atoms with Crippen molar-refractivity contribution in [1.82, 2.24) is 14.3 Å². The van der Waals surface area contributed by atoms with Gasteiger partial charge in [0.25, 0.3) is 5.56 Å². The monoisotopic (exact) mass is 351 g/mol. The Bertz CT molecular complexity index is 1010. The number of hydrogen-bond acceptors (Lipinski definition) is 5. The lowest BCUT2D eigenvalue weighted by molar-refractivity contribution is 0.224. The van der Waals surface area contributed by atoms with E-state index >= 15 is 0 Å². The molecular formula is C19H17N3O2S. The van der Waals surface area contributed by atoms with Crippen LogP contribution in [0.3, 0.4) is 0 Å².